The van der Waals surface area contributed by atoms with Gasteiger partial charge < -0.3 is 10.6 Å². The molecule has 0 fully saturated rings. The highest BCUT2D eigenvalue weighted by molar-refractivity contribution is 6.34. The second kappa shape index (κ2) is 7.87. The van der Waals surface area contributed by atoms with E-state index in [1.165, 1.54) is 13.0 Å². The summed E-state index contributed by atoms with van der Waals surface area (Å²) >= 11 is 0. The molecule has 0 atom stereocenters. The summed E-state index contributed by atoms with van der Waals surface area (Å²) in [5, 5.41) is 6.31. The predicted octanol–water partition coefficient (Wildman–Crippen LogP) is 3.81. The van der Waals surface area contributed by atoms with E-state index in [1.807, 2.05) is 6.07 Å². The lowest BCUT2D eigenvalue weighted by atomic mass is 9.86. The third-order valence-corrected chi connectivity index (χ3v) is 5.31. The van der Waals surface area contributed by atoms with E-state index in [4.69, 9.17) is 7.85 Å². The van der Waals surface area contributed by atoms with E-state index in [-0.39, 0.29) is 12.2 Å². The Morgan fingerprint density at radius 3 is 2.58 bits per heavy atom. The number of halogens is 3. The lowest BCUT2D eigenvalue weighted by Gasteiger charge is -2.16. The van der Waals surface area contributed by atoms with E-state index in [0.717, 1.165) is 53.4 Å². The Hall–Kier alpha value is -3.10. The minimum Gasteiger partial charge on any atom is -0.365 e. The quantitative estimate of drug-likeness (QED) is 0.626. The number of aromatic nitrogens is 2. The number of aryl methyl sites for hydroxylation is 2. The summed E-state index contributed by atoms with van der Waals surface area (Å²) in [6.45, 7) is 3.11. The molecule has 1 aromatic heterocycles. The van der Waals surface area contributed by atoms with Crippen LogP contribution in [0.1, 0.15) is 41.4 Å². The highest BCUT2D eigenvalue weighted by atomic mass is 19.4. The van der Waals surface area contributed by atoms with Crippen molar-refractivity contribution in [2.45, 2.75) is 45.8 Å². The molecule has 2 radical (unpaired) electrons. The fourth-order valence-electron chi connectivity index (χ4n) is 4.07. The van der Waals surface area contributed by atoms with Crippen molar-refractivity contribution in [2.75, 3.05) is 10.6 Å². The van der Waals surface area contributed by atoms with Gasteiger partial charge in [-0.25, -0.2) is 9.97 Å². The van der Waals surface area contributed by atoms with Crippen LogP contribution in [0.3, 0.4) is 0 Å². The molecule has 158 valence electrons. The molecule has 0 saturated heterocycles. The van der Waals surface area contributed by atoms with Crippen molar-refractivity contribution in [2.24, 2.45) is 0 Å². The van der Waals surface area contributed by atoms with Gasteiger partial charge in [-0.2, -0.15) is 13.2 Å². The van der Waals surface area contributed by atoms with E-state index < -0.39 is 17.6 Å². The van der Waals surface area contributed by atoms with Crippen molar-refractivity contribution in [1.82, 2.24) is 9.97 Å². The van der Waals surface area contributed by atoms with Crippen LogP contribution in [-0.4, -0.2) is 23.7 Å². The molecule has 0 bridgehead atoms. The lowest BCUT2D eigenvalue weighted by molar-refractivity contribution is -0.137. The summed E-state index contributed by atoms with van der Waals surface area (Å²) in [6.07, 6.45) is -1.71. The van der Waals surface area contributed by atoms with Gasteiger partial charge in [-0.05, 0) is 61.1 Å². The fourth-order valence-corrected chi connectivity index (χ4v) is 4.07. The van der Waals surface area contributed by atoms with Crippen LogP contribution in [0.2, 0.25) is 0 Å². The molecule has 0 unspecified atom stereocenters. The lowest BCUT2D eigenvalue weighted by Crippen LogP contribution is -2.14. The Bertz CT molecular complexity index is 1190. The third-order valence-electron chi connectivity index (χ3n) is 5.31. The third kappa shape index (κ3) is 4.35. The van der Waals surface area contributed by atoms with Crippen molar-refractivity contribution >= 4 is 41.6 Å². The zero-order valence-corrected chi connectivity index (χ0v) is 17.2. The fraction of sp³-hybridized carbons (Fsp3) is 0.318. The van der Waals surface area contributed by atoms with Gasteiger partial charge >= 0.3 is 6.18 Å². The summed E-state index contributed by atoms with van der Waals surface area (Å²) < 4.78 is 39.9. The van der Waals surface area contributed by atoms with Crippen molar-refractivity contribution in [3.8, 4) is 0 Å². The summed E-state index contributed by atoms with van der Waals surface area (Å²) in [7, 11) is 6.24. The van der Waals surface area contributed by atoms with Gasteiger partial charge in [0.25, 0.3) is 0 Å². The number of carbonyl (C=O) groups excluding carboxylic acids is 1. The zero-order valence-electron chi connectivity index (χ0n) is 17.2. The van der Waals surface area contributed by atoms with E-state index in [2.05, 4.69) is 20.6 Å². The van der Waals surface area contributed by atoms with Gasteiger partial charge in [0.05, 0.1) is 11.1 Å². The zero-order chi connectivity index (χ0) is 22.3. The van der Waals surface area contributed by atoms with Crippen molar-refractivity contribution in [1.29, 1.82) is 0 Å². The van der Waals surface area contributed by atoms with Crippen LogP contribution in [0, 0.1) is 6.92 Å². The maximum Gasteiger partial charge on any atom is 0.416 e. The first kappa shape index (κ1) is 21.1. The van der Waals surface area contributed by atoms with Crippen LogP contribution in [0.15, 0.2) is 24.3 Å². The molecule has 0 aliphatic heterocycles. The number of hydrogen-bond acceptors (Lipinski definition) is 4. The number of nitrogens with zero attached hydrogens (tertiary/aromatic N) is 2. The highest BCUT2D eigenvalue weighted by Crippen LogP contribution is 2.33. The Morgan fingerprint density at radius 2 is 1.87 bits per heavy atom. The Labute approximate surface area is 178 Å². The minimum atomic E-state index is -4.53. The monoisotopic (exact) mass is 424 g/mol. The molecule has 31 heavy (non-hydrogen) atoms. The molecule has 4 rings (SSSR count). The standard InChI is InChI=1S/C22H20BF3N4O/c1-11-28-20-17-5-3-4-16(17)19(23)9-18(20)21(29-11)27-10-13-6-14(22(24,25)26)8-15(7-13)30-12(2)31/h6-9H,3-5,10H2,1-2H3,(H,30,31)(H,27,28,29). The minimum absolute atomic E-state index is 0.0824. The van der Waals surface area contributed by atoms with Gasteiger partial charge in [-0.1, -0.05) is 11.5 Å². The average Bonchev–Trinajstić information content (AvgIpc) is 3.16. The number of rotatable bonds is 4. The molecule has 2 aromatic carbocycles. The topological polar surface area (TPSA) is 66.9 Å². The van der Waals surface area contributed by atoms with Gasteiger partial charge in [-0.3, -0.25) is 4.79 Å². The van der Waals surface area contributed by atoms with Gasteiger partial charge in [0.15, 0.2) is 0 Å². The molecule has 3 aromatic rings. The molecule has 9 heteroatoms. The Balaban J connectivity index is 1.71. The number of benzene rings is 2. The highest BCUT2D eigenvalue weighted by Gasteiger charge is 2.31. The van der Waals surface area contributed by atoms with Crippen LogP contribution < -0.4 is 16.1 Å². The Kier molecular flexibility index (Phi) is 5.37. The second-order valence-electron chi connectivity index (χ2n) is 7.74. The first-order valence-corrected chi connectivity index (χ1v) is 9.93. The number of fused-ring (bicyclic) bond motifs is 3. The summed E-state index contributed by atoms with van der Waals surface area (Å²) in [5.41, 5.74) is 3.37. The number of amides is 1. The largest absolute Gasteiger partial charge is 0.416 e. The van der Waals surface area contributed by atoms with Crippen LogP contribution in [0.4, 0.5) is 24.7 Å². The normalized spacial score (nSPS) is 13.3. The SMILES string of the molecule is [B]c1cc2c(NCc3cc(NC(C)=O)cc(C(F)(F)F)c3)nc(C)nc2c2c1CCC2. The molecule has 5 nitrogen and oxygen atoms in total. The molecule has 2 N–H and O–H groups in total. The molecule has 1 aliphatic carbocycles. The summed E-state index contributed by atoms with van der Waals surface area (Å²) in [4.78, 5) is 20.4. The van der Waals surface area contributed by atoms with E-state index in [1.54, 1.807) is 6.92 Å². The average molecular weight is 424 g/mol. The number of carbonyl (C=O) groups is 1. The maximum absolute atomic E-state index is 13.3. The second-order valence-corrected chi connectivity index (χ2v) is 7.74. The first-order chi connectivity index (χ1) is 14.6. The van der Waals surface area contributed by atoms with Gasteiger partial charge in [-0.15, -0.1) is 0 Å². The molecule has 1 heterocycles. The van der Waals surface area contributed by atoms with E-state index >= 15 is 0 Å². The van der Waals surface area contributed by atoms with Crippen LogP contribution in [0.25, 0.3) is 10.9 Å². The maximum atomic E-state index is 13.3. The van der Waals surface area contributed by atoms with E-state index in [9.17, 15) is 18.0 Å². The van der Waals surface area contributed by atoms with Crippen molar-refractivity contribution in [3.05, 3.63) is 52.3 Å². The first-order valence-electron chi connectivity index (χ1n) is 9.93. The molecule has 0 saturated carbocycles. The van der Waals surface area contributed by atoms with Gasteiger partial charge in [0.1, 0.15) is 19.5 Å². The molecular weight excluding hydrogens is 404 g/mol. The number of nitrogens with one attached hydrogen (secondary N) is 2. The molecule has 0 spiro atoms. The predicted molar refractivity (Wildman–Crippen MR) is 115 cm³/mol. The number of hydrogen-bond donors (Lipinski definition) is 2. The Morgan fingerprint density at radius 1 is 1.13 bits per heavy atom. The molecule has 1 amide bonds. The van der Waals surface area contributed by atoms with Crippen LogP contribution >= 0.6 is 0 Å². The smallest absolute Gasteiger partial charge is 0.365 e. The number of anilines is 2. The van der Waals surface area contributed by atoms with Crippen molar-refractivity contribution < 1.29 is 18.0 Å². The number of alkyl halides is 3. The molecular formula is C22H20BF3N4O. The van der Waals surface area contributed by atoms with E-state index in [0.29, 0.717) is 22.7 Å². The van der Waals surface area contributed by atoms with Gasteiger partial charge in [0.2, 0.25) is 5.91 Å². The van der Waals surface area contributed by atoms with Gasteiger partial charge in [0, 0.05) is 24.5 Å². The van der Waals surface area contributed by atoms with Crippen LogP contribution in [0.5, 0.6) is 0 Å². The van der Waals surface area contributed by atoms with Crippen LogP contribution in [-0.2, 0) is 30.4 Å². The molecule has 1 aliphatic rings. The summed E-state index contributed by atoms with van der Waals surface area (Å²) in [6, 6.07) is 5.31. The van der Waals surface area contributed by atoms with Crippen molar-refractivity contribution in [3.63, 3.8) is 0 Å². The summed E-state index contributed by atoms with van der Waals surface area (Å²) in [5.74, 6) is 0.638.